The molecule has 3 aromatic carbocycles. The van der Waals surface area contributed by atoms with Crippen molar-refractivity contribution >= 4 is 27.5 Å². The van der Waals surface area contributed by atoms with Gasteiger partial charge in [-0.3, -0.25) is 9.78 Å². The number of carbonyl (C=O) groups is 1. The molecule has 45 heavy (non-hydrogen) atoms. The van der Waals surface area contributed by atoms with Gasteiger partial charge >= 0.3 is 6.18 Å². The molecule has 4 nitrogen and oxygen atoms in total. The summed E-state index contributed by atoms with van der Waals surface area (Å²) in [7, 11) is 0. The third kappa shape index (κ3) is 8.59. The number of alkyl halides is 3. The van der Waals surface area contributed by atoms with Crippen molar-refractivity contribution in [2.24, 2.45) is 10.8 Å². The first-order chi connectivity index (χ1) is 20.5. The molecule has 4 aromatic rings. The number of nitrogens with zero attached hydrogens (tertiary/aromatic N) is 2. The molecular formula is C37H44F3IrN2O2-. The summed E-state index contributed by atoms with van der Waals surface area (Å²) in [6, 6.07) is 14.7. The van der Waals surface area contributed by atoms with E-state index in [9.17, 15) is 23.1 Å². The second-order valence-electron chi connectivity index (χ2n) is 12.2. The van der Waals surface area contributed by atoms with Crippen molar-refractivity contribution in [1.29, 1.82) is 0 Å². The van der Waals surface area contributed by atoms with E-state index < -0.39 is 11.7 Å². The van der Waals surface area contributed by atoms with Crippen molar-refractivity contribution in [2.75, 3.05) is 0 Å². The average molecular weight is 798 g/mol. The quantitative estimate of drug-likeness (QED) is 0.0835. The maximum absolute atomic E-state index is 13.2. The van der Waals surface area contributed by atoms with Crippen LogP contribution in [-0.4, -0.2) is 20.9 Å². The van der Waals surface area contributed by atoms with Crippen molar-refractivity contribution in [1.82, 2.24) is 9.97 Å². The van der Waals surface area contributed by atoms with Crippen LogP contribution in [0.3, 0.4) is 0 Å². The van der Waals surface area contributed by atoms with E-state index in [2.05, 4.69) is 16.0 Å². The predicted octanol–water partition coefficient (Wildman–Crippen LogP) is 10.8. The number of benzene rings is 3. The van der Waals surface area contributed by atoms with Crippen molar-refractivity contribution < 1.29 is 43.2 Å². The van der Waals surface area contributed by atoms with Gasteiger partial charge in [-0.1, -0.05) is 73.6 Å². The number of aliphatic hydroxyl groups excluding tert-OH is 1. The first-order valence-corrected chi connectivity index (χ1v) is 15.3. The topological polar surface area (TPSA) is 63.1 Å². The van der Waals surface area contributed by atoms with Gasteiger partial charge in [-0.05, 0) is 61.2 Å². The molecule has 1 aromatic heterocycles. The van der Waals surface area contributed by atoms with Gasteiger partial charge in [-0.25, -0.2) is 4.98 Å². The van der Waals surface area contributed by atoms with Crippen molar-refractivity contribution in [3.8, 4) is 11.3 Å². The number of halogens is 3. The molecule has 1 radical (unpaired) electrons. The van der Waals surface area contributed by atoms with Gasteiger partial charge in [0.2, 0.25) is 0 Å². The van der Waals surface area contributed by atoms with Gasteiger partial charge in [0.1, 0.15) is 11.6 Å². The summed E-state index contributed by atoms with van der Waals surface area (Å²) in [4.78, 5) is 21.2. The summed E-state index contributed by atoms with van der Waals surface area (Å²) < 4.78 is 39.6. The maximum atomic E-state index is 13.2. The number of hydrogen-bond donors (Lipinski definition) is 1. The van der Waals surface area contributed by atoms with E-state index in [0.29, 0.717) is 33.2 Å². The number of aromatic nitrogens is 2. The molecule has 0 aliphatic carbocycles. The Morgan fingerprint density at radius 1 is 0.844 bits per heavy atom. The number of ketones is 1. The van der Waals surface area contributed by atoms with Crippen LogP contribution in [0.4, 0.5) is 13.2 Å². The molecule has 0 amide bonds. The summed E-state index contributed by atoms with van der Waals surface area (Å²) >= 11 is 0. The van der Waals surface area contributed by atoms with Crippen LogP contribution >= 0.6 is 0 Å². The van der Waals surface area contributed by atoms with Gasteiger partial charge < -0.3 is 5.11 Å². The molecule has 0 saturated carbocycles. The first-order valence-electron chi connectivity index (χ1n) is 15.3. The van der Waals surface area contributed by atoms with E-state index in [1.54, 1.807) is 6.92 Å². The van der Waals surface area contributed by atoms with Crippen LogP contribution in [-0.2, 0) is 31.1 Å². The number of aliphatic hydroxyl groups is 1. The van der Waals surface area contributed by atoms with E-state index in [0.717, 1.165) is 48.4 Å². The van der Waals surface area contributed by atoms with Crippen molar-refractivity contribution in [2.45, 2.75) is 94.2 Å². The van der Waals surface area contributed by atoms with Gasteiger partial charge in [0.05, 0.1) is 11.1 Å². The molecule has 1 heterocycles. The zero-order valence-electron chi connectivity index (χ0n) is 27.7. The molecule has 0 aliphatic heterocycles. The molecule has 0 saturated heterocycles. The third-order valence-corrected chi connectivity index (χ3v) is 9.13. The number of allylic oxidation sites excluding steroid dienone is 2. The van der Waals surface area contributed by atoms with Crippen LogP contribution in [0.5, 0.6) is 0 Å². The van der Waals surface area contributed by atoms with E-state index in [-0.39, 0.29) is 42.5 Å². The maximum Gasteiger partial charge on any atom is 0.416 e. The molecule has 245 valence electrons. The first kappa shape index (κ1) is 38.1. The van der Waals surface area contributed by atoms with E-state index in [4.69, 9.17) is 0 Å². The van der Waals surface area contributed by atoms with Crippen LogP contribution < -0.4 is 0 Å². The van der Waals surface area contributed by atoms with E-state index >= 15 is 0 Å². The average Bonchev–Trinajstić information content (AvgIpc) is 2.98. The fraction of sp³-hybridized carbons (Fsp3) is 0.432. The Morgan fingerprint density at radius 3 is 1.96 bits per heavy atom. The van der Waals surface area contributed by atoms with E-state index in [1.165, 1.54) is 18.2 Å². The number of aryl methyl sites for hydroxylation is 3. The molecule has 0 bridgehead atoms. The summed E-state index contributed by atoms with van der Waals surface area (Å²) in [5, 5.41) is 12.0. The molecule has 0 spiro atoms. The summed E-state index contributed by atoms with van der Waals surface area (Å²) in [6.45, 7) is 17.8. The fourth-order valence-corrected chi connectivity index (χ4v) is 5.11. The molecule has 0 atom stereocenters. The molecule has 8 heteroatoms. The summed E-state index contributed by atoms with van der Waals surface area (Å²) in [5.74, 6) is 0.795. The molecular weight excluding hydrogens is 754 g/mol. The Hall–Kier alpha value is -3.09. The minimum atomic E-state index is -4.40. The Kier molecular flexibility index (Phi) is 12.7. The van der Waals surface area contributed by atoms with Crippen LogP contribution in [0.2, 0.25) is 0 Å². The van der Waals surface area contributed by atoms with Crippen LogP contribution in [0, 0.1) is 37.7 Å². The summed E-state index contributed by atoms with van der Waals surface area (Å²) in [6.07, 6.45) is 0.354. The smallest absolute Gasteiger partial charge is 0.416 e. The minimum Gasteiger partial charge on any atom is -0.512 e. The van der Waals surface area contributed by atoms with Gasteiger partial charge in [0.25, 0.3) is 0 Å². The Morgan fingerprint density at radius 2 is 1.42 bits per heavy atom. The Labute approximate surface area is 278 Å². The zero-order valence-corrected chi connectivity index (χ0v) is 30.1. The van der Waals surface area contributed by atoms with Gasteiger partial charge in [0.15, 0.2) is 5.78 Å². The summed E-state index contributed by atoms with van der Waals surface area (Å²) in [5.41, 5.74) is 2.79. The Balaban J connectivity index is 0.000000343. The number of hydrogen-bond acceptors (Lipinski definition) is 4. The van der Waals surface area contributed by atoms with Crippen molar-refractivity contribution in [3.05, 3.63) is 82.9 Å². The zero-order chi connectivity index (χ0) is 33.0. The van der Waals surface area contributed by atoms with Crippen LogP contribution in [0.25, 0.3) is 32.9 Å². The number of rotatable bonds is 8. The Bertz CT molecular complexity index is 1670. The molecule has 4 rings (SSSR count). The normalized spacial score (nSPS) is 12.5. The predicted molar refractivity (Wildman–Crippen MR) is 174 cm³/mol. The monoisotopic (exact) mass is 798 g/mol. The fourth-order valence-electron chi connectivity index (χ4n) is 5.11. The SMILES string of the molecule is CCC(C)(CC)C(=O)/C=C(\O)C(C)(CC)CC.Cc1[c-]c(-c2nc(C)nc3c2ccc2ccc(C(F)(F)F)cc23)cc(C)c1.[Ir]. The van der Waals surface area contributed by atoms with Gasteiger partial charge in [0, 0.05) is 42.4 Å². The molecule has 1 N–H and O–H groups in total. The van der Waals surface area contributed by atoms with E-state index in [1.807, 2.05) is 79.7 Å². The standard InChI is InChI=1S/C22H16F3N2.C15H28O2.Ir/c1-12-8-13(2)10-16(9-12)20-18-7-5-15-4-6-17(22(23,24)25)11-19(15)21(18)27-14(3)26-20;1-7-14(5,8-2)12(16)11-13(17)15(6,9-3)10-4;/h4-9,11H,1-3H3;11,16H,7-10H2,1-6H3;/q-1;;/b;12-11-;. The number of fused-ring (bicyclic) bond motifs is 3. The van der Waals surface area contributed by atoms with Crippen LogP contribution in [0.15, 0.2) is 54.3 Å². The van der Waals surface area contributed by atoms with Crippen LogP contribution in [0.1, 0.15) is 89.7 Å². The second-order valence-corrected chi connectivity index (χ2v) is 12.2. The van der Waals surface area contributed by atoms with Crippen molar-refractivity contribution in [3.63, 3.8) is 0 Å². The number of carbonyl (C=O) groups excluding carboxylic acids is 1. The van der Waals surface area contributed by atoms with Gasteiger partial charge in [-0.15, -0.1) is 34.9 Å². The molecule has 0 aliphatic rings. The largest absolute Gasteiger partial charge is 0.512 e. The molecule has 0 fully saturated rings. The third-order valence-electron chi connectivity index (χ3n) is 9.13. The molecule has 0 unspecified atom stereocenters. The van der Waals surface area contributed by atoms with Gasteiger partial charge in [-0.2, -0.15) is 13.2 Å². The second kappa shape index (κ2) is 15.0. The minimum absolute atomic E-state index is 0.